The zero-order valence-electron chi connectivity index (χ0n) is 13.8. The monoisotopic (exact) mass is 369 g/mol. The van der Waals surface area contributed by atoms with Crippen LogP contribution >= 0.6 is 23.2 Å². The van der Waals surface area contributed by atoms with Crippen LogP contribution in [0, 0.1) is 19.7 Å². The van der Waals surface area contributed by atoms with Gasteiger partial charge in [-0.15, -0.1) is 0 Å². The van der Waals surface area contributed by atoms with Crippen molar-refractivity contribution in [2.75, 3.05) is 18.9 Å². The lowest BCUT2D eigenvalue weighted by molar-refractivity contribution is -0.885. The molecule has 0 bridgehead atoms. The summed E-state index contributed by atoms with van der Waals surface area (Å²) in [4.78, 5) is 13.1. The Balaban J connectivity index is 2.02. The van der Waals surface area contributed by atoms with Crippen molar-refractivity contribution in [3.05, 3.63) is 62.9 Å². The molecule has 3 nitrogen and oxygen atoms in total. The fourth-order valence-corrected chi connectivity index (χ4v) is 3.20. The minimum absolute atomic E-state index is 0.175. The smallest absolute Gasteiger partial charge is 0.279 e. The number of hydrogen-bond donors (Lipinski definition) is 2. The van der Waals surface area contributed by atoms with E-state index in [-0.39, 0.29) is 18.3 Å². The molecule has 2 rings (SSSR count). The van der Waals surface area contributed by atoms with E-state index in [0.29, 0.717) is 27.8 Å². The second-order valence-corrected chi connectivity index (χ2v) is 6.81. The topological polar surface area (TPSA) is 33.5 Å². The summed E-state index contributed by atoms with van der Waals surface area (Å²) in [5.41, 5.74) is 2.97. The van der Waals surface area contributed by atoms with Gasteiger partial charge in [-0.25, -0.2) is 4.39 Å². The lowest BCUT2D eigenvalue weighted by Crippen LogP contribution is -3.08. The van der Waals surface area contributed by atoms with Crippen molar-refractivity contribution in [2.45, 2.75) is 20.4 Å². The van der Waals surface area contributed by atoms with Gasteiger partial charge in [0.2, 0.25) is 0 Å². The SMILES string of the molecule is Cc1cc(C)c(NC(=O)C[NH+](C)Cc2c(F)cccc2Cl)c(Cl)c1. The zero-order valence-corrected chi connectivity index (χ0v) is 15.4. The van der Waals surface area contributed by atoms with Crippen molar-refractivity contribution in [1.29, 1.82) is 0 Å². The highest BCUT2D eigenvalue weighted by atomic mass is 35.5. The van der Waals surface area contributed by atoms with E-state index in [4.69, 9.17) is 23.2 Å². The van der Waals surface area contributed by atoms with Gasteiger partial charge in [0.05, 0.1) is 28.3 Å². The van der Waals surface area contributed by atoms with Crippen molar-refractivity contribution in [3.63, 3.8) is 0 Å². The molecule has 2 N–H and O–H groups in total. The maximum atomic E-state index is 13.8. The van der Waals surface area contributed by atoms with Crippen molar-refractivity contribution >= 4 is 34.8 Å². The van der Waals surface area contributed by atoms with Gasteiger partial charge < -0.3 is 10.2 Å². The van der Waals surface area contributed by atoms with Crippen LogP contribution in [0.2, 0.25) is 10.0 Å². The molecule has 0 aliphatic carbocycles. The minimum atomic E-state index is -0.361. The first-order valence-corrected chi connectivity index (χ1v) is 8.34. The number of rotatable bonds is 5. The molecule has 2 aromatic carbocycles. The normalized spacial score (nSPS) is 12.1. The lowest BCUT2D eigenvalue weighted by atomic mass is 10.1. The average Bonchev–Trinajstić information content (AvgIpc) is 2.47. The Hall–Kier alpha value is -1.62. The molecule has 128 valence electrons. The van der Waals surface area contributed by atoms with Crippen LogP contribution in [0.3, 0.4) is 0 Å². The Morgan fingerprint density at radius 3 is 2.54 bits per heavy atom. The Kier molecular flexibility index (Phi) is 6.21. The number of anilines is 1. The van der Waals surface area contributed by atoms with E-state index in [1.807, 2.05) is 27.0 Å². The zero-order chi connectivity index (χ0) is 17.9. The van der Waals surface area contributed by atoms with Crippen LogP contribution in [0.25, 0.3) is 0 Å². The van der Waals surface area contributed by atoms with Crippen LogP contribution in [-0.4, -0.2) is 19.5 Å². The molecular weight excluding hydrogens is 350 g/mol. The number of benzene rings is 2. The Bertz CT molecular complexity index is 721. The first-order valence-electron chi connectivity index (χ1n) is 7.58. The molecule has 24 heavy (non-hydrogen) atoms. The summed E-state index contributed by atoms with van der Waals surface area (Å²) in [6.07, 6.45) is 0. The third-order valence-electron chi connectivity index (χ3n) is 3.70. The average molecular weight is 370 g/mol. The van der Waals surface area contributed by atoms with Crippen molar-refractivity contribution < 1.29 is 14.1 Å². The summed E-state index contributed by atoms with van der Waals surface area (Å²) < 4.78 is 13.8. The molecule has 0 aliphatic heterocycles. The predicted molar refractivity (Wildman–Crippen MR) is 96.4 cm³/mol. The maximum Gasteiger partial charge on any atom is 0.279 e. The number of hydrogen-bond acceptors (Lipinski definition) is 1. The van der Waals surface area contributed by atoms with Gasteiger partial charge in [0.15, 0.2) is 6.54 Å². The first kappa shape index (κ1) is 18.7. The van der Waals surface area contributed by atoms with E-state index in [1.54, 1.807) is 18.2 Å². The van der Waals surface area contributed by atoms with Crippen LogP contribution in [0.15, 0.2) is 30.3 Å². The molecule has 0 fully saturated rings. The second kappa shape index (κ2) is 7.97. The number of nitrogens with one attached hydrogen (secondary N) is 2. The van der Waals surface area contributed by atoms with E-state index < -0.39 is 0 Å². The van der Waals surface area contributed by atoms with Crippen LogP contribution < -0.4 is 10.2 Å². The number of halogens is 3. The summed E-state index contributed by atoms with van der Waals surface area (Å²) in [5.74, 6) is -0.548. The number of carbonyl (C=O) groups excluding carboxylic acids is 1. The van der Waals surface area contributed by atoms with Gasteiger partial charge in [0.25, 0.3) is 5.91 Å². The van der Waals surface area contributed by atoms with Crippen molar-refractivity contribution in [3.8, 4) is 0 Å². The number of likely N-dealkylation sites (N-methyl/N-ethyl adjacent to an activating group) is 1. The highest BCUT2D eigenvalue weighted by Crippen LogP contribution is 2.27. The van der Waals surface area contributed by atoms with Crippen molar-refractivity contribution in [1.82, 2.24) is 0 Å². The molecule has 1 amide bonds. The molecule has 1 unspecified atom stereocenters. The van der Waals surface area contributed by atoms with Crippen LogP contribution in [0.1, 0.15) is 16.7 Å². The number of aryl methyl sites for hydroxylation is 2. The van der Waals surface area contributed by atoms with Gasteiger partial charge in [0.1, 0.15) is 12.4 Å². The number of quaternary nitrogens is 1. The third kappa shape index (κ3) is 4.69. The Morgan fingerprint density at radius 2 is 1.92 bits per heavy atom. The third-order valence-corrected chi connectivity index (χ3v) is 4.35. The minimum Gasteiger partial charge on any atom is -0.326 e. The fraction of sp³-hybridized carbons (Fsp3) is 0.278. The molecule has 0 heterocycles. The van der Waals surface area contributed by atoms with Crippen LogP contribution in [-0.2, 0) is 11.3 Å². The highest BCUT2D eigenvalue weighted by Gasteiger charge is 2.17. The molecule has 0 saturated heterocycles. The van der Waals surface area contributed by atoms with E-state index >= 15 is 0 Å². The molecule has 0 aromatic heterocycles. The first-order chi connectivity index (χ1) is 11.3. The number of amides is 1. The molecule has 0 saturated carbocycles. The fourth-order valence-electron chi connectivity index (χ4n) is 2.60. The largest absolute Gasteiger partial charge is 0.326 e. The molecule has 1 atom stereocenters. The maximum absolute atomic E-state index is 13.8. The standard InChI is InChI=1S/C18H19Cl2FN2O/c1-11-7-12(2)18(15(20)8-11)22-17(24)10-23(3)9-13-14(19)5-4-6-16(13)21/h4-8H,9-10H2,1-3H3,(H,22,24)/p+1. The Morgan fingerprint density at radius 1 is 1.21 bits per heavy atom. The Labute approximate surface area is 151 Å². The van der Waals surface area contributed by atoms with E-state index in [1.165, 1.54) is 6.07 Å². The molecule has 0 spiro atoms. The van der Waals surface area contributed by atoms with Crippen molar-refractivity contribution in [2.24, 2.45) is 0 Å². The second-order valence-electron chi connectivity index (χ2n) is 6.00. The van der Waals surface area contributed by atoms with E-state index in [0.717, 1.165) is 16.0 Å². The lowest BCUT2D eigenvalue weighted by Gasteiger charge is -2.16. The highest BCUT2D eigenvalue weighted by molar-refractivity contribution is 6.34. The van der Waals surface area contributed by atoms with Gasteiger partial charge in [0, 0.05) is 0 Å². The number of carbonyl (C=O) groups is 1. The van der Waals surface area contributed by atoms with Gasteiger partial charge in [-0.05, 0) is 43.2 Å². The van der Waals surface area contributed by atoms with Gasteiger partial charge in [-0.1, -0.05) is 35.3 Å². The van der Waals surface area contributed by atoms with Gasteiger partial charge in [-0.2, -0.15) is 0 Å². The summed E-state index contributed by atoms with van der Waals surface area (Å²) in [7, 11) is 1.81. The molecular formula is C18H20Cl2FN2O+. The summed E-state index contributed by atoms with van der Waals surface area (Å²) in [6, 6.07) is 8.33. The van der Waals surface area contributed by atoms with E-state index in [2.05, 4.69) is 5.32 Å². The quantitative estimate of drug-likeness (QED) is 0.831. The molecule has 0 aliphatic rings. The molecule has 6 heteroatoms. The summed E-state index contributed by atoms with van der Waals surface area (Å²) >= 11 is 12.2. The summed E-state index contributed by atoms with van der Waals surface area (Å²) in [5, 5.41) is 3.71. The van der Waals surface area contributed by atoms with Crippen LogP contribution in [0.5, 0.6) is 0 Å². The van der Waals surface area contributed by atoms with Gasteiger partial charge in [-0.3, -0.25) is 4.79 Å². The predicted octanol–water partition coefficient (Wildman–Crippen LogP) is 3.40. The molecule has 2 aromatic rings. The van der Waals surface area contributed by atoms with E-state index in [9.17, 15) is 9.18 Å². The van der Waals surface area contributed by atoms with Gasteiger partial charge >= 0.3 is 0 Å². The molecule has 0 radical (unpaired) electrons. The summed E-state index contributed by atoms with van der Waals surface area (Å²) in [6.45, 7) is 4.33. The van der Waals surface area contributed by atoms with Crippen LogP contribution in [0.4, 0.5) is 10.1 Å².